The van der Waals surface area contributed by atoms with Crippen LogP contribution in [-0.4, -0.2) is 54.9 Å². The van der Waals surface area contributed by atoms with Crippen LogP contribution in [0.5, 0.6) is 0 Å². The van der Waals surface area contributed by atoms with Crippen molar-refractivity contribution in [2.45, 2.75) is 41.7 Å². The molecule has 7 nitrogen and oxygen atoms in total. The minimum Gasteiger partial charge on any atom is -0.361 e. The van der Waals surface area contributed by atoms with Crippen LogP contribution in [0.3, 0.4) is 0 Å². The summed E-state index contributed by atoms with van der Waals surface area (Å²) in [5, 5.41) is 4.02. The van der Waals surface area contributed by atoms with Crippen LogP contribution in [0, 0.1) is 6.92 Å². The largest absolute Gasteiger partial charge is 0.361 e. The molecule has 0 radical (unpaired) electrons. The SMILES string of the molecule is Cc1cc(CSc2ccccc2C(=O)N2CCN(S(=O)(=O)c3ccc4c(c3)CCC4)CC2)no1. The van der Waals surface area contributed by atoms with Gasteiger partial charge in [0, 0.05) is 42.9 Å². The Bertz CT molecular complexity index is 1310. The second kappa shape index (κ2) is 9.56. The number of aryl methyl sites for hydroxylation is 3. The lowest BCUT2D eigenvalue weighted by atomic mass is 10.1. The first-order valence-corrected chi connectivity index (χ1v) is 13.9. The van der Waals surface area contributed by atoms with Crippen molar-refractivity contribution < 1.29 is 17.7 Å². The first kappa shape index (κ1) is 23.1. The average Bonchev–Trinajstić information content (AvgIpc) is 3.50. The number of carbonyl (C=O) groups excluding carboxylic acids is 1. The Morgan fingerprint density at radius 3 is 2.56 bits per heavy atom. The third-order valence-corrected chi connectivity index (χ3v) is 9.41. The molecule has 3 aromatic rings. The van der Waals surface area contributed by atoms with E-state index in [2.05, 4.69) is 5.16 Å². The van der Waals surface area contributed by atoms with Crippen LogP contribution < -0.4 is 0 Å². The number of hydrogen-bond acceptors (Lipinski definition) is 6. The average molecular weight is 498 g/mol. The fraction of sp³-hybridized carbons (Fsp3) is 0.360. The first-order valence-electron chi connectivity index (χ1n) is 11.5. The molecule has 0 unspecified atom stereocenters. The van der Waals surface area contributed by atoms with Gasteiger partial charge in [0.05, 0.1) is 16.2 Å². The van der Waals surface area contributed by atoms with Gasteiger partial charge in [-0.15, -0.1) is 11.8 Å². The van der Waals surface area contributed by atoms with E-state index in [1.807, 2.05) is 49.4 Å². The van der Waals surface area contributed by atoms with Gasteiger partial charge in [-0.25, -0.2) is 8.42 Å². The minimum absolute atomic E-state index is 0.0750. The molecule has 1 aliphatic heterocycles. The quantitative estimate of drug-likeness (QED) is 0.480. The van der Waals surface area contributed by atoms with Gasteiger partial charge >= 0.3 is 0 Å². The third-order valence-electron chi connectivity index (χ3n) is 6.40. The van der Waals surface area contributed by atoms with E-state index >= 15 is 0 Å². The van der Waals surface area contributed by atoms with Gasteiger partial charge in [-0.05, 0) is 61.6 Å². The molecule has 5 rings (SSSR count). The van der Waals surface area contributed by atoms with E-state index in [-0.39, 0.29) is 5.91 Å². The van der Waals surface area contributed by atoms with E-state index in [4.69, 9.17) is 4.52 Å². The highest BCUT2D eigenvalue weighted by Gasteiger charge is 2.31. The molecule has 9 heteroatoms. The molecule has 0 spiro atoms. The number of thioether (sulfide) groups is 1. The molecular weight excluding hydrogens is 470 g/mol. The molecule has 0 N–H and O–H groups in total. The molecule has 2 heterocycles. The minimum atomic E-state index is -3.57. The Labute approximate surface area is 204 Å². The molecule has 1 amide bonds. The Kier molecular flexibility index (Phi) is 6.50. The van der Waals surface area contributed by atoms with E-state index in [0.717, 1.165) is 41.2 Å². The van der Waals surface area contributed by atoms with Crippen molar-refractivity contribution in [2.24, 2.45) is 0 Å². The highest BCUT2D eigenvalue weighted by Crippen LogP contribution is 2.29. The summed E-state index contributed by atoms with van der Waals surface area (Å²) in [6.07, 6.45) is 3.04. The lowest BCUT2D eigenvalue weighted by molar-refractivity contribution is 0.0694. The summed E-state index contributed by atoms with van der Waals surface area (Å²) in [4.78, 5) is 16.3. The maximum Gasteiger partial charge on any atom is 0.255 e. The number of sulfonamides is 1. The zero-order valence-electron chi connectivity index (χ0n) is 19.1. The van der Waals surface area contributed by atoms with Crippen molar-refractivity contribution in [3.63, 3.8) is 0 Å². The van der Waals surface area contributed by atoms with Crippen molar-refractivity contribution in [3.8, 4) is 0 Å². The molecule has 0 bridgehead atoms. The summed E-state index contributed by atoms with van der Waals surface area (Å²) in [7, 11) is -3.57. The standard InChI is InChI=1S/C25H27N3O4S2/c1-18-15-21(26-32-18)17-33-24-8-3-2-7-23(24)25(29)27-11-13-28(14-12-27)34(30,31)22-10-9-19-5-4-6-20(19)16-22/h2-3,7-10,15-16H,4-6,11-14,17H2,1H3. The normalized spacial score (nSPS) is 16.6. The van der Waals surface area contributed by atoms with Crippen LogP contribution in [0.15, 0.2) is 62.8 Å². The molecule has 2 aromatic carbocycles. The Morgan fingerprint density at radius 1 is 1.03 bits per heavy atom. The van der Waals surface area contributed by atoms with Gasteiger partial charge in [0.1, 0.15) is 5.76 Å². The van der Waals surface area contributed by atoms with Crippen molar-refractivity contribution in [1.82, 2.24) is 14.4 Å². The van der Waals surface area contributed by atoms with Crippen molar-refractivity contribution in [1.29, 1.82) is 0 Å². The third kappa shape index (κ3) is 4.64. The van der Waals surface area contributed by atoms with Crippen LogP contribution in [0.4, 0.5) is 0 Å². The number of aromatic nitrogens is 1. The summed E-state index contributed by atoms with van der Waals surface area (Å²) in [5.41, 5.74) is 3.85. The highest BCUT2D eigenvalue weighted by atomic mass is 32.2. The molecule has 34 heavy (non-hydrogen) atoms. The monoisotopic (exact) mass is 497 g/mol. The predicted octanol–water partition coefficient (Wildman–Crippen LogP) is 3.91. The maximum absolute atomic E-state index is 13.3. The molecule has 0 saturated carbocycles. The van der Waals surface area contributed by atoms with Gasteiger partial charge in [0.15, 0.2) is 0 Å². The highest BCUT2D eigenvalue weighted by molar-refractivity contribution is 7.98. The van der Waals surface area contributed by atoms with Crippen LogP contribution >= 0.6 is 11.8 Å². The number of hydrogen-bond donors (Lipinski definition) is 0. The Morgan fingerprint density at radius 2 is 1.79 bits per heavy atom. The van der Waals surface area contributed by atoms with Crippen molar-refractivity contribution >= 4 is 27.7 Å². The molecule has 1 aromatic heterocycles. The zero-order valence-corrected chi connectivity index (χ0v) is 20.7. The van der Waals surface area contributed by atoms with E-state index in [9.17, 15) is 13.2 Å². The predicted molar refractivity (Wildman–Crippen MR) is 130 cm³/mol. The lowest BCUT2D eigenvalue weighted by Gasteiger charge is -2.34. The fourth-order valence-electron chi connectivity index (χ4n) is 4.57. The Hall–Kier alpha value is -2.62. The zero-order chi connectivity index (χ0) is 23.7. The Balaban J connectivity index is 1.25. The summed E-state index contributed by atoms with van der Waals surface area (Å²) >= 11 is 1.54. The van der Waals surface area contributed by atoms with Gasteiger partial charge in [0.2, 0.25) is 10.0 Å². The van der Waals surface area contributed by atoms with Crippen molar-refractivity contribution in [3.05, 3.63) is 76.7 Å². The number of piperazine rings is 1. The topological polar surface area (TPSA) is 83.7 Å². The molecule has 1 fully saturated rings. The fourth-order valence-corrected chi connectivity index (χ4v) is 6.96. The van der Waals surface area contributed by atoms with Gasteiger partial charge in [0.25, 0.3) is 5.91 Å². The second-order valence-corrected chi connectivity index (χ2v) is 11.6. The van der Waals surface area contributed by atoms with Gasteiger partial charge in [-0.1, -0.05) is 23.4 Å². The van der Waals surface area contributed by atoms with Gasteiger partial charge in [-0.3, -0.25) is 4.79 Å². The molecule has 0 atom stereocenters. The van der Waals surface area contributed by atoms with Gasteiger partial charge < -0.3 is 9.42 Å². The van der Waals surface area contributed by atoms with E-state index in [1.165, 1.54) is 9.87 Å². The molecular formula is C25H27N3O4S2. The van der Waals surface area contributed by atoms with Gasteiger partial charge in [-0.2, -0.15) is 4.31 Å². The number of fused-ring (bicyclic) bond motifs is 1. The molecule has 2 aliphatic rings. The van der Waals surface area contributed by atoms with Crippen LogP contribution in [0.2, 0.25) is 0 Å². The second-order valence-electron chi connectivity index (χ2n) is 8.69. The summed E-state index contributed by atoms with van der Waals surface area (Å²) < 4.78 is 33.1. The van der Waals surface area contributed by atoms with Crippen molar-refractivity contribution in [2.75, 3.05) is 26.2 Å². The van der Waals surface area contributed by atoms with E-state index in [0.29, 0.717) is 42.4 Å². The lowest BCUT2D eigenvalue weighted by Crippen LogP contribution is -2.50. The maximum atomic E-state index is 13.3. The van der Waals surface area contributed by atoms with Crippen LogP contribution in [-0.2, 0) is 28.6 Å². The molecule has 1 saturated heterocycles. The summed E-state index contributed by atoms with van der Waals surface area (Å²) in [6.45, 7) is 3.16. The number of carbonyl (C=O) groups is 1. The summed E-state index contributed by atoms with van der Waals surface area (Å²) in [5.74, 6) is 1.29. The molecule has 1 aliphatic carbocycles. The van der Waals surface area contributed by atoms with E-state index in [1.54, 1.807) is 22.7 Å². The number of rotatable bonds is 6. The number of benzene rings is 2. The smallest absolute Gasteiger partial charge is 0.255 e. The number of nitrogens with zero attached hydrogens (tertiary/aromatic N) is 3. The summed E-state index contributed by atoms with van der Waals surface area (Å²) in [6, 6.07) is 14.9. The molecule has 178 valence electrons. The van der Waals surface area contributed by atoms with Crippen LogP contribution in [0.1, 0.15) is 39.4 Å². The van der Waals surface area contributed by atoms with Crippen LogP contribution in [0.25, 0.3) is 0 Å². The first-order chi connectivity index (χ1) is 16.4. The number of amides is 1. The van der Waals surface area contributed by atoms with E-state index < -0.39 is 10.0 Å².